The molecule has 28 heavy (non-hydrogen) atoms. The van der Waals surface area contributed by atoms with Gasteiger partial charge in [0.25, 0.3) is 5.69 Å². The number of benzene rings is 2. The third kappa shape index (κ3) is 4.82. The number of nitro groups is 1. The molecule has 0 aliphatic heterocycles. The van der Waals surface area contributed by atoms with Crippen molar-refractivity contribution in [1.82, 2.24) is 0 Å². The quantitative estimate of drug-likeness (QED) is 0.350. The maximum atomic E-state index is 12.1. The average Bonchev–Trinajstić information content (AvgIpc) is 2.72. The predicted octanol–water partition coefficient (Wildman–Crippen LogP) is 3.48. The van der Waals surface area contributed by atoms with Crippen molar-refractivity contribution >= 4 is 11.7 Å². The van der Waals surface area contributed by atoms with Crippen LogP contribution >= 0.6 is 0 Å². The van der Waals surface area contributed by atoms with Gasteiger partial charge in [-0.3, -0.25) is 14.9 Å². The van der Waals surface area contributed by atoms with Crippen molar-refractivity contribution in [3.05, 3.63) is 104 Å². The summed E-state index contributed by atoms with van der Waals surface area (Å²) in [5.74, 6) is -0.607. The van der Waals surface area contributed by atoms with Crippen molar-refractivity contribution in [2.24, 2.45) is 0 Å². The van der Waals surface area contributed by atoms with E-state index in [1.165, 1.54) is 24.3 Å². The number of hydrogen-bond acceptors (Lipinski definition) is 7. The van der Waals surface area contributed by atoms with Gasteiger partial charge < -0.3 is 13.9 Å². The summed E-state index contributed by atoms with van der Waals surface area (Å²) in [6.45, 7) is -0.0809. The van der Waals surface area contributed by atoms with Crippen LogP contribution in [0.3, 0.4) is 0 Å². The second-order valence-corrected chi connectivity index (χ2v) is 5.73. The first kappa shape index (κ1) is 18.8. The molecule has 1 aromatic heterocycles. The van der Waals surface area contributed by atoms with Crippen molar-refractivity contribution in [2.75, 3.05) is 0 Å². The van der Waals surface area contributed by atoms with Gasteiger partial charge in [-0.25, -0.2) is 4.79 Å². The van der Waals surface area contributed by atoms with Crippen molar-refractivity contribution in [2.45, 2.75) is 13.2 Å². The van der Waals surface area contributed by atoms with E-state index in [-0.39, 0.29) is 36.0 Å². The van der Waals surface area contributed by atoms with Gasteiger partial charge in [0.2, 0.25) is 11.2 Å². The fourth-order valence-corrected chi connectivity index (χ4v) is 2.32. The molecular formula is C20H15NO7. The molecule has 142 valence electrons. The summed E-state index contributed by atoms with van der Waals surface area (Å²) in [7, 11) is 0. The number of hydrogen-bond donors (Lipinski definition) is 0. The van der Waals surface area contributed by atoms with E-state index in [0.29, 0.717) is 0 Å². The lowest BCUT2D eigenvalue weighted by molar-refractivity contribution is -0.384. The Balaban J connectivity index is 1.60. The SMILES string of the molecule is O=C(OCc1cc(=O)c(OCc2ccccc2)co1)c1cccc([N+](=O)[O-])c1. The fraction of sp³-hybridized carbons (Fsp3) is 0.100. The molecule has 0 aliphatic rings. The van der Waals surface area contributed by atoms with Crippen LogP contribution in [0.4, 0.5) is 5.69 Å². The lowest BCUT2D eigenvalue weighted by Crippen LogP contribution is -2.10. The summed E-state index contributed by atoms with van der Waals surface area (Å²) in [6, 6.07) is 15.7. The first-order valence-corrected chi connectivity index (χ1v) is 8.23. The Labute approximate surface area is 159 Å². The standard InChI is InChI=1S/C20H15NO7/c22-18-10-17(26-13-19(18)27-11-14-5-2-1-3-6-14)12-28-20(23)15-7-4-8-16(9-15)21(24)25/h1-10,13H,11-12H2. The smallest absolute Gasteiger partial charge is 0.338 e. The first-order valence-electron chi connectivity index (χ1n) is 8.23. The molecular weight excluding hydrogens is 366 g/mol. The lowest BCUT2D eigenvalue weighted by Gasteiger charge is -2.07. The molecule has 0 bridgehead atoms. The lowest BCUT2D eigenvalue weighted by atomic mass is 10.2. The van der Waals surface area contributed by atoms with Gasteiger partial charge in [0.05, 0.1) is 10.5 Å². The largest absolute Gasteiger partial charge is 0.482 e. The number of carbonyl (C=O) groups is 1. The van der Waals surface area contributed by atoms with Crippen LogP contribution in [-0.4, -0.2) is 10.9 Å². The van der Waals surface area contributed by atoms with Gasteiger partial charge in [-0.2, -0.15) is 0 Å². The summed E-state index contributed by atoms with van der Waals surface area (Å²) in [4.78, 5) is 34.3. The highest BCUT2D eigenvalue weighted by Gasteiger charge is 2.14. The molecule has 0 atom stereocenters. The van der Waals surface area contributed by atoms with E-state index in [2.05, 4.69) is 0 Å². The van der Waals surface area contributed by atoms with Gasteiger partial charge in [-0.05, 0) is 11.6 Å². The van der Waals surface area contributed by atoms with Crippen molar-refractivity contribution < 1.29 is 23.6 Å². The van der Waals surface area contributed by atoms with E-state index in [1.807, 2.05) is 30.3 Å². The predicted molar refractivity (Wildman–Crippen MR) is 98.0 cm³/mol. The molecule has 8 nitrogen and oxygen atoms in total. The highest BCUT2D eigenvalue weighted by molar-refractivity contribution is 5.90. The molecule has 0 fully saturated rings. The number of carbonyl (C=O) groups excluding carboxylic acids is 1. The van der Waals surface area contributed by atoms with Crippen LogP contribution in [0.15, 0.2) is 76.1 Å². The monoisotopic (exact) mass is 381 g/mol. The molecule has 0 aliphatic carbocycles. The number of nitro benzene ring substituents is 1. The van der Waals surface area contributed by atoms with Gasteiger partial charge in [-0.15, -0.1) is 0 Å². The van der Waals surface area contributed by atoms with Gasteiger partial charge in [0, 0.05) is 18.2 Å². The molecule has 0 saturated carbocycles. The van der Waals surface area contributed by atoms with Gasteiger partial charge in [0.15, 0.2) is 0 Å². The van der Waals surface area contributed by atoms with E-state index in [9.17, 15) is 19.7 Å². The Hall–Kier alpha value is -3.94. The van der Waals surface area contributed by atoms with Crippen LogP contribution in [0.25, 0.3) is 0 Å². The summed E-state index contributed by atoms with van der Waals surface area (Å²) < 4.78 is 15.7. The van der Waals surface area contributed by atoms with Crippen LogP contribution in [0.1, 0.15) is 21.7 Å². The van der Waals surface area contributed by atoms with Crippen molar-refractivity contribution in [1.29, 1.82) is 0 Å². The third-order valence-electron chi connectivity index (χ3n) is 3.73. The van der Waals surface area contributed by atoms with Crippen molar-refractivity contribution in [3.8, 4) is 5.75 Å². The molecule has 1 heterocycles. The molecule has 2 aromatic carbocycles. The maximum Gasteiger partial charge on any atom is 0.338 e. The number of non-ortho nitro benzene ring substituents is 1. The fourth-order valence-electron chi connectivity index (χ4n) is 2.32. The minimum Gasteiger partial charge on any atom is -0.482 e. The van der Waals surface area contributed by atoms with Crippen molar-refractivity contribution in [3.63, 3.8) is 0 Å². The zero-order valence-electron chi connectivity index (χ0n) is 14.6. The van der Waals surface area contributed by atoms with Gasteiger partial charge in [-0.1, -0.05) is 36.4 Å². The zero-order chi connectivity index (χ0) is 19.9. The maximum absolute atomic E-state index is 12.1. The summed E-state index contributed by atoms with van der Waals surface area (Å²) in [6.07, 6.45) is 1.15. The van der Waals surface area contributed by atoms with Gasteiger partial charge >= 0.3 is 5.97 Å². The molecule has 0 unspecified atom stereocenters. The molecule has 0 radical (unpaired) electrons. The minimum atomic E-state index is -0.768. The van der Waals surface area contributed by atoms with Crippen LogP contribution in [0.5, 0.6) is 5.75 Å². The van der Waals surface area contributed by atoms with E-state index < -0.39 is 16.3 Å². The topological polar surface area (TPSA) is 109 Å². The zero-order valence-corrected chi connectivity index (χ0v) is 14.6. The summed E-state index contributed by atoms with van der Waals surface area (Å²) in [5, 5.41) is 10.8. The molecule has 3 rings (SSSR count). The second-order valence-electron chi connectivity index (χ2n) is 5.73. The van der Waals surface area contributed by atoms with Gasteiger partial charge in [0.1, 0.15) is 25.2 Å². The van der Waals surface area contributed by atoms with E-state index in [0.717, 1.165) is 17.9 Å². The number of nitrogens with zero attached hydrogens (tertiary/aromatic N) is 1. The average molecular weight is 381 g/mol. The number of ether oxygens (including phenoxy) is 2. The Morgan fingerprint density at radius 3 is 2.54 bits per heavy atom. The summed E-state index contributed by atoms with van der Waals surface area (Å²) >= 11 is 0. The van der Waals surface area contributed by atoms with Crippen LogP contribution < -0.4 is 10.2 Å². The Morgan fingerprint density at radius 2 is 1.82 bits per heavy atom. The van der Waals surface area contributed by atoms with E-state index in [1.54, 1.807) is 0 Å². The second kappa shape index (κ2) is 8.63. The molecule has 0 N–H and O–H groups in total. The summed E-state index contributed by atoms with van der Waals surface area (Å²) in [5.41, 5.74) is 0.292. The minimum absolute atomic E-state index is 0.0272. The first-order chi connectivity index (χ1) is 13.5. The Morgan fingerprint density at radius 1 is 1.04 bits per heavy atom. The molecule has 8 heteroatoms. The Kier molecular flexibility index (Phi) is 5.81. The van der Waals surface area contributed by atoms with Crippen LogP contribution in [-0.2, 0) is 18.0 Å². The van der Waals surface area contributed by atoms with Crippen LogP contribution in [0, 0.1) is 10.1 Å². The highest BCUT2D eigenvalue weighted by atomic mass is 16.6. The Bertz CT molecular complexity index is 1040. The number of rotatable bonds is 7. The molecule has 3 aromatic rings. The van der Waals surface area contributed by atoms with Crippen LogP contribution in [0.2, 0.25) is 0 Å². The third-order valence-corrected chi connectivity index (χ3v) is 3.73. The highest BCUT2D eigenvalue weighted by Crippen LogP contribution is 2.15. The normalized spacial score (nSPS) is 10.3. The molecule has 0 amide bonds. The molecule has 0 saturated heterocycles. The number of esters is 1. The molecule has 0 spiro atoms. The van der Waals surface area contributed by atoms with E-state index in [4.69, 9.17) is 13.9 Å². The van der Waals surface area contributed by atoms with E-state index >= 15 is 0 Å².